The van der Waals surface area contributed by atoms with Gasteiger partial charge in [0.15, 0.2) is 0 Å². The van der Waals surface area contributed by atoms with Crippen molar-refractivity contribution >= 4 is 23.3 Å². The first-order valence-electron chi connectivity index (χ1n) is 4.52. The summed E-state index contributed by atoms with van der Waals surface area (Å²) >= 11 is 6.01. The molecule has 0 amide bonds. The van der Waals surface area contributed by atoms with Gasteiger partial charge in [-0.2, -0.15) is 9.50 Å². The van der Waals surface area contributed by atoms with Gasteiger partial charge < -0.3 is 4.74 Å². The summed E-state index contributed by atoms with van der Waals surface area (Å²) in [4.78, 5) is 19.3. The molecule has 0 saturated carbocycles. The fraction of sp³-hybridized carbons (Fsp3) is 0.333. The maximum Gasteiger partial charge on any atom is 0.378 e. The molecular weight excluding hydrogens is 232 g/mol. The lowest BCUT2D eigenvalue weighted by Gasteiger charge is -2.02. The molecule has 2 aromatic rings. The van der Waals surface area contributed by atoms with Gasteiger partial charge in [-0.25, -0.2) is 9.78 Å². The van der Waals surface area contributed by atoms with E-state index < -0.39 is 5.97 Å². The lowest BCUT2D eigenvalue weighted by atomic mass is 10.3. The molecule has 2 heterocycles. The van der Waals surface area contributed by atoms with Gasteiger partial charge in [0.1, 0.15) is 0 Å². The number of aromatic nitrogens is 4. The summed E-state index contributed by atoms with van der Waals surface area (Å²) in [5, 5.41) is 4.48. The Morgan fingerprint density at radius 2 is 2.06 bits per heavy atom. The van der Waals surface area contributed by atoms with Crippen molar-refractivity contribution < 1.29 is 9.53 Å². The average Bonchev–Trinajstić information content (AvgIpc) is 2.69. The molecule has 0 N–H and O–H groups in total. The number of halogens is 1. The molecule has 2 aromatic heterocycles. The van der Waals surface area contributed by atoms with Crippen LogP contribution in [0.25, 0.3) is 5.78 Å². The molecule has 6 nitrogen and oxygen atoms in total. The number of aryl methyl sites for hydroxylation is 2. The fourth-order valence-corrected chi connectivity index (χ4v) is 1.46. The zero-order valence-corrected chi connectivity index (χ0v) is 9.74. The first-order valence-corrected chi connectivity index (χ1v) is 4.90. The Bertz CT molecular complexity index is 578. The Morgan fingerprint density at radius 1 is 1.38 bits per heavy atom. The molecule has 0 bridgehead atoms. The number of hydrogen-bond donors (Lipinski definition) is 0. The van der Waals surface area contributed by atoms with Crippen molar-refractivity contribution in [3.8, 4) is 0 Å². The number of carbonyl (C=O) groups is 1. The lowest BCUT2D eigenvalue weighted by Crippen LogP contribution is -2.04. The smallest absolute Gasteiger partial charge is 0.378 e. The van der Waals surface area contributed by atoms with Crippen LogP contribution in [0.4, 0.5) is 0 Å². The minimum atomic E-state index is -0.598. The third-order valence-corrected chi connectivity index (χ3v) is 2.73. The van der Waals surface area contributed by atoms with Gasteiger partial charge in [-0.15, -0.1) is 5.10 Å². The summed E-state index contributed by atoms with van der Waals surface area (Å²) in [6.45, 7) is 3.54. The molecule has 0 aliphatic carbocycles. The van der Waals surface area contributed by atoms with Crippen LogP contribution in [0.15, 0.2) is 0 Å². The number of esters is 1. The first-order chi connectivity index (χ1) is 7.54. The summed E-state index contributed by atoms with van der Waals surface area (Å²) in [5.41, 5.74) is 1.34. The highest BCUT2D eigenvalue weighted by molar-refractivity contribution is 6.31. The molecule has 0 saturated heterocycles. The predicted octanol–water partition coefficient (Wildman–Crippen LogP) is 1.18. The quantitative estimate of drug-likeness (QED) is 0.700. The highest BCUT2D eigenvalue weighted by Gasteiger charge is 2.16. The molecule has 2 rings (SSSR count). The molecule has 0 aliphatic heterocycles. The molecule has 0 fully saturated rings. The topological polar surface area (TPSA) is 69.4 Å². The van der Waals surface area contributed by atoms with Crippen LogP contribution in [0.1, 0.15) is 22.0 Å². The second-order valence-corrected chi connectivity index (χ2v) is 3.61. The van der Waals surface area contributed by atoms with E-state index in [9.17, 15) is 4.79 Å². The van der Waals surface area contributed by atoms with E-state index >= 15 is 0 Å². The van der Waals surface area contributed by atoms with Gasteiger partial charge in [0.2, 0.25) is 0 Å². The number of nitrogens with zero attached hydrogens (tertiary/aromatic N) is 4. The van der Waals surface area contributed by atoms with Crippen LogP contribution in [-0.4, -0.2) is 32.7 Å². The Kier molecular flexibility index (Phi) is 2.51. The molecule has 0 aromatic carbocycles. The highest BCUT2D eigenvalue weighted by Crippen LogP contribution is 2.18. The minimum Gasteiger partial charge on any atom is -0.463 e. The van der Waals surface area contributed by atoms with E-state index in [1.54, 1.807) is 13.8 Å². The average molecular weight is 241 g/mol. The largest absolute Gasteiger partial charge is 0.463 e. The molecule has 0 radical (unpaired) electrons. The number of hydrogen-bond acceptors (Lipinski definition) is 5. The van der Waals surface area contributed by atoms with Gasteiger partial charge >= 0.3 is 5.97 Å². The summed E-state index contributed by atoms with van der Waals surface area (Å²) in [6, 6.07) is 0. The van der Waals surface area contributed by atoms with Crippen molar-refractivity contribution in [3.05, 3.63) is 22.2 Å². The van der Waals surface area contributed by atoms with Crippen molar-refractivity contribution in [1.82, 2.24) is 19.6 Å². The normalized spacial score (nSPS) is 10.8. The second-order valence-electron chi connectivity index (χ2n) is 3.24. The van der Waals surface area contributed by atoms with Gasteiger partial charge in [0.05, 0.1) is 23.5 Å². The van der Waals surface area contributed by atoms with E-state index in [-0.39, 0.29) is 5.82 Å². The van der Waals surface area contributed by atoms with Crippen molar-refractivity contribution in [2.24, 2.45) is 0 Å². The van der Waals surface area contributed by atoms with Crippen LogP contribution < -0.4 is 0 Å². The first kappa shape index (κ1) is 10.8. The Morgan fingerprint density at radius 3 is 2.69 bits per heavy atom. The highest BCUT2D eigenvalue weighted by atomic mass is 35.5. The monoisotopic (exact) mass is 240 g/mol. The number of methoxy groups -OCH3 is 1. The van der Waals surface area contributed by atoms with Crippen molar-refractivity contribution in [3.63, 3.8) is 0 Å². The number of fused-ring (bicyclic) bond motifs is 1. The van der Waals surface area contributed by atoms with Gasteiger partial charge in [-0.3, -0.25) is 0 Å². The third kappa shape index (κ3) is 1.51. The van der Waals surface area contributed by atoms with E-state index in [4.69, 9.17) is 11.6 Å². The summed E-state index contributed by atoms with van der Waals surface area (Å²) in [6.07, 6.45) is 0. The zero-order chi connectivity index (χ0) is 11.9. The SMILES string of the molecule is COC(=O)c1nc2nc(C)c(Cl)c(C)n2n1. The van der Waals surface area contributed by atoms with E-state index in [1.807, 2.05) is 0 Å². The standard InChI is InChI=1S/C9H9ClN4O2/c1-4-6(10)5(2)14-9(11-4)12-7(13-14)8(15)16-3/h1-3H3. The molecule has 0 unspecified atom stereocenters. The molecule has 0 aliphatic rings. The second kappa shape index (κ2) is 3.71. The molecule has 7 heteroatoms. The lowest BCUT2D eigenvalue weighted by molar-refractivity contribution is 0.0587. The van der Waals surface area contributed by atoms with Crippen molar-refractivity contribution in [2.45, 2.75) is 13.8 Å². The molecule has 0 spiro atoms. The van der Waals surface area contributed by atoms with Crippen molar-refractivity contribution in [1.29, 1.82) is 0 Å². The molecule has 84 valence electrons. The third-order valence-electron chi connectivity index (χ3n) is 2.18. The number of rotatable bonds is 1. The van der Waals surface area contributed by atoms with Gasteiger partial charge in [-0.05, 0) is 13.8 Å². The van der Waals surface area contributed by atoms with E-state index in [2.05, 4.69) is 19.8 Å². The van der Waals surface area contributed by atoms with E-state index in [1.165, 1.54) is 11.6 Å². The Balaban J connectivity index is 2.71. The maximum atomic E-state index is 11.2. The van der Waals surface area contributed by atoms with Crippen LogP contribution in [0.2, 0.25) is 5.02 Å². The minimum absolute atomic E-state index is 0.0280. The molecule has 0 atom stereocenters. The van der Waals surface area contributed by atoms with Crippen molar-refractivity contribution in [2.75, 3.05) is 7.11 Å². The summed E-state index contributed by atoms with van der Waals surface area (Å²) in [5.74, 6) is -0.293. The number of ether oxygens (including phenoxy) is 1. The van der Waals surface area contributed by atoms with Gasteiger partial charge in [0.25, 0.3) is 11.6 Å². The van der Waals surface area contributed by atoms with Gasteiger partial charge in [-0.1, -0.05) is 11.6 Å². The molecular formula is C9H9ClN4O2. The maximum absolute atomic E-state index is 11.2. The van der Waals surface area contributed by atoms with Crippen LogP contribution in [0, 0.1) is 13.8 Å². The predicted molar refractivity (Wildman–Crippen MR) is 56.6 cm³/mol. The Labute approximate surface area is 96.2 Å². The number of carbonyl (C=O) groups excluding carboxylic acids is 1. The zero-order valence-electron chi connectivity index (χ0n) is 8.98. The van der Waals surface area contributed by atoms with E-state index in [0.29, 0.717) is 22.2 Å². The van der Waals surface area contributed by atoms with Crippen LogP contribution in [-0.2, 0) is 4.74 Å². The summed E-state index contributed by atoms with van der Waals surface area (Å²) < 4.78 is 5.95. The summed E-state index contributed by atoms with van der Waals surface area (Å²) in [7, 11) is 1.27. The Hall–Kier alpha value is -1.69. The van der Waals surface area contributed by atoms with Gasteiger partial charge in [0, 0.05) is 0 Å². The van der Waals surface area contributed by atoms with Crippen LogP contribution in [0.3, 0.4) is 0 Å². The van der Waals surface area contributed by atoms with E-state index in [0.717, 1.165) is 0 Å². The fourth-order valence-electron chi connectivity index (χ4n) is 1.33. The molecule has 16 heavy (non-hydrogen) atoms. The van der Waals surface area contributed by atoms with Crippen LogP contribution in [0.5, 0.6) is 0 Å². The van der Waals surface area contributed by atoms with Crippen LogP contribution >= 0.6 is 11.6 Å².